The number of para-hydroxylation sites is 1. The number of esters is 2. The van der Waals surface area contributed by atoms with E-state index in [1.165, 1.54) is 0 Å². The van der Waals surface area contributed by atoms with Crippen LogP contribution in [-0.2, 0) is 23.9 Å². The van der Waals surface area contributed by atoms with Crippen LogP contribution in [0.2, 0.25) is 0 Å². The molecule has 3 rings (SSSR count). The number of benzene rings is 3. The minimum Gasteiger partial charge on any atom is -0.386 e. The summed E-state index contributed by atoms with van der Waals surface area (Å²) in [6.45, 7) is -0.550. The monoisotopic (exact) mass is 584 g/mol. The maximum atomic E-state index is 12.6. The summed E-state index contributed by atoms with van der Waals surface area (Å²) in [5.41, 5.74) is 2.60. The van der Waals surface area contributed by atoms with E-state index in [-0.39, 0.29) is 13.0 Å². The van der Waals surface area contributed by atoms with Crippen LogP contribution in [0.25, 0.3) is 11.1 Å². The number of anilines is 1. The van der Waals surface area contributed by atoms with Crippen LogP contribution < -0.4 is 21.3 Å². The third-order valence-corrected chi connectivity index (χ3v) is 5.68. The molecule has 0 aliphatic rings. The highest BCUT2D eigenvalue weighted by Gasteiger charge is 2.42. The third-order valence-electron chi connectivity index (χ3n) is 5.68. The van der Waals surface area contributed by atoms with E-state index >= 15 is 0 Å². The predicted molar refractivity (Wildman–Crippen MR) is 146 cm³/mol. The van der Waals surface area contributed by atoms with E-state index in [0.717, 1.165) is 11.1 Å². The first-order chi connectivity index (χ1) is 20.0. The van der Waals surface area contributed by atoms with Crippen molar-refractivity contribution in [2.45, 2.75) is 25.1 Å². The Kier molecular flexibility index (Phi) is 11.2. The zero-order valence-corrected chi connectivity index (χ0v) is 22.1. The van der Waals surface area contributed by atoms with E-state index in [0.29, 0.717) is 11.3 Å². The van der Waals surface area contributed by atoms with Crippen LogP contribution in [0, 0.1) is 0 Å². The first kappa shape index (κ1) is 31.3. The standard InChI is InChI=1S/C29H27F3N4O6/c30-29(31,32)27(40)42-26(39)17-23(21-13-11-20(12-14-21)19-7-3-1-4-8-19)36-25(38)18-34-24(37)15-16-33-28(41)35-22-9-5-2-6-10-22/h1-14,23H,15-18H2,(H,34,37)(H,36,38)(H2,33,35,41). The molecule has 4 amide bonds. The molecule has 0 radical (unpaired) electrons. The summed E-state index contributed by atoms with van der Waals surface area (Å²) in [5.74, 6) is -5.50. The molecule has 0 saturated heterocycles. The molecule has 42 heavy (non-hydrogen) atoms. The SMILES string of the molecule is O=C(CCNC(=O)Nc1ccccc1)NCC(=O)NC(CC(=O)OC(=O)C(F)(F)F)c1ccc(-c2ccccc2)cc1. The molecule has 0 aliphatic carbocycles. The van der Waals surface area contributed by atoms with Gasteiger partial charge in [0.05, 0.1) is 19.0 Å². The Balaban J connectivity index is 1.55. The molecule has 0 aliphatic heterocycles. The van der Waals surface area contributed by atoms with Gasteiger partial charge in [-0.1, -0.05) is 72.8 Å². The maximum absolute atomic E-state index is 12.6. The first-order valence-corrected chi connectivity index (χ1v) is 12.6. The molecular formula is C29H27F3N4O6. The molecule has 0 spiro atoms. The number of nitrogens with one attached hydrogen (secondary N) is 4. The Morgan fingerprint density at radius 1 is 0.738 bits per heavy atom. The van der Waals surface area contributed by atoms with Gasteiger partial charge in [0.1, 0.15) is 0 Å². The summed E-state index contributed by atoms with van der Waals surface area (Å²) in [6.07, 6.45) is -6.30. The second-order valence-electron chi connectivity index (χ2n) is 8.85. The van der Waals surface area contributed by atoms with Crippen LogP contribution in [0.1, 0.15) is 24.4 Å². The van der Waals surface area contributed by atoms with Gasteiger partial charge in [-0.2, -0.15) is 13.2 Å². The number of carbonyl (C=O) groups is 5. The number of urea groups is 1. The largest absolute Gasteiger partial charge is 0.491 e. The minimum absolute atomic E-state index is 0.0262. The molecule has 3 aromatic carbocycles. The van der Waals surface area contributed by atoms with Crippen LogP contribution in [0.15, 0.2) is 84.9 Å². The minimum atomic E-state index is -5.37. The van der Waals surface area contributed by atoms with Crippen molar-refractivity contribution in [1.82, 2.24) is 16.0 Å². The van der Waals surface area contributed by atoms with Crippen LogP contribution in [0.4, 0.5) is 23.7 Å². The molecule has 10 nitrogen and oxygen atoms in total. The summed E-state index contributed by atoms with van der Waals surface area (Å²) < 4.78 is 41.5. The maximum Gasteiger partial charge on any atom is 0.491 e. The van der Waals surface area contributed by atoms with Crippen molar-refractivity contribution in [2.75, 3.05) is 18.4 Å². The van der Waals surface area contributed by atoms with Crippen LogP contribution in [0.3, 0.4) is 0 Å². The van der Waals surface area contributed by atoms with Crippen molar-refractivity contribution >= 4 is 35.5 Å². The molecule has 0 aromatic heterocycles. The van der Waals surface area contributed by atoms with Gasteiger partial charge in [-0.05, 0) is 28.8 Å². The second-order valence-corrected chi connectivity index (χ2v) is 8.85. The molecule has 0 heterocycles. The fourth-order valence-electron chi connectivity index (χ4n) is 3.66. The number of carbonyl (C=O) groups excluding carboxylic acids is 5. The lowest BCUT2D eigenvalue weighted by Crippen LogP contribution is -2.40. The summed E-state index contributed by atoms with van der Waals surface area (Å²) in [7, 11) is 0. The molecule has 0 saturated carbocycles. The van der Waals surface area contributed by atoms with E-state index in [2.05, 4.69) is 26.0 Å². The third kappa shape index (κ3) is 10.4. The van der Waals surface area contributed by atoms with Crippen LogP contribution in [0.5, 0.6) is 0 Å². The fourth-order valence-corrected chi connectivity index (χ4v) is 3.66. The highest BCUT2D eigenvalue weighted by atomic mass is 19.4. The Morgan fingerprint density at radius 3 is 1.95 bits per heavy atom. The summed E-state index contributed by atoms with van der Waals surface area (Å²) >= 11 is 0. The number of alkyl halides is 3. The van der Waals surface area contributed by atoms with Crippen molar-refractivity contribution < 1.29 is 41.9 Å². The molecule has 1 unspecified atom stereocenters. The summed E-state index contributed by atoms with van der Waals surface area (Å²) in [6, 6.07) is 22.7. The lowest BCUT2D eigenvalue weighted by atomic mass is 9.99. The Bertz CT molecular complexity index is 1380. The van der Waals surface area contributed by atoms with Gasteiger partial charge in [0, 0.05) is 18.7 Å². The number of hydrogen-bond donors (Lipinski definition) is 4. The van der Waals surface area contributed by atoms with Crippen molar-refractivity contribution in [1.29, 1.82) is 0 Å². The number of hydrogen-bond acceptors (Lipinski definition) is 6. The van der Waals surface area contributed by atoms with Gasteiger partial charge in [0.25, 0.3) is 0 Å². The average molecular weight is 585 g/mol. The molecule has 220 valence electrons. The molecular weight excluding hydrogens is 557 g/mol. The zero-order valence-electron chi connectivity index (χ0n) is 22.1. The fraction of sp³-hybridized carbons (Fsp3) is 0.207. The predicted octanol–water partition coefficient (Wildman–Crippen LogP) is 3.86. The first-order valence-electron chi connectivity index (χ1n) is 12.6. The van der Waals surface area contributed by atoms with E-state index in [1.54, 1.807) is 54.6 Å². The van der Waals surface area contributed by atoms with Gasteiger partial charge in [0.2, 0.25) is 11.8 Å². The number of halogens is 3. The van der Waals surface area contributed by atoms with Crippen molar-refractivity contribution in [3.8, 4) is 11.1 Å². The van der Waals surface area contributed by atoms with Gasteiger partial charge in [0.15, 0.2) is 0 Å². The Labute approximate surface area is 238 Å². The molecule has 0 fully saturated rings. The molecule has 13 heteroatoms. The lowest BCUT2D eigenvalue weighted by Gasteiger charge is -2.19. The van der Waals surface area contributed by atoms with Crippen molar-refractivity contribution in [3.05, 3.63) is 90.5 Å². The zero-order chi connectivity index (χ0) is 30.5. The lowest BCUT2D eigenvalue weighted by molar-refractivity contribution is -0.202. The number of rotatable bonds is 11. The highest BCUT2D eigenvalue weighted by Crippen LogP contribution is 2.24. The van der Waals surface area contributed by atoms with Crippen molar-refractivity contribution in [2.24, 2.45) is 0 Å². The normalized spacial score (nSPS) is 11.5. The Hall–Kier alpha value is -5.20. The molecule has 3 aromatic rings. The van der Waals surface area contributed by atoms with Crippen LogP contribution >= 0.6 is 0 Å². The number of ether oxygens (including phenoxy) is 1. The van der Waals surface area contributed by atoms with E-state index in [1.807, 2.05) is 30.3 Å². The van der Waals surface area contributed by atoms with E-state index in [4.69, 9.17) is 0 Å². The average Bonchev–Trinajstić information content (AvgIpc) is 2.96. The summed E-state index contributed by atoms with van der Waals surface area (Å²) in [4.78, 5) is 59.8. The van der Waals surface area contributed by atoms with Crippen molar-refractivity contribution in [3.63, 3.8) is 0 Å². The van der Waals surface area contributed by atoms with E-state index < -0.39 is 55.0 Å². The Morgan fingerprint density at radius 2 is 1.33 bits per heavy atom. The van der Waals surface area contributed by atoms with Gasteiger partial charge < -0.3 is 26.0 Å². The molecule has 0 bridgehead atoms. The second kappa shape index (κ2) is 15.0. The molecule has 1 atom stereocenters. The van der Waals surface area contributed by atoms with Gasteiger partial charge in [-0.3, -0.25) is 14.4 Å². The van der Waals surface area contributed by atoms with Gasteiger partial charge in [-0.25, -0.2) is 9.59 Å². The smallest absolute Gasteiger partial charge is 0.386 e. The van der Waals surface area contributed by atoms with Crippen LogP contribution in [-0.4, -0.2) is 49.0 Å². The van der Waals surface area contributed by atoms with Gasteiger partial charge >= 0.3 is 24.1 Å². The summed E-state index contributed by atoms with van der Waals surface area (Å²) in [5, 5.41) is 9.90. The highest BCUT2D eigenvalue weighted by molar-refractivity contribution is 5.90. The number of amides is 4. The topological polar surface area (TPSA) is 143 Å². The quantitative estimate of drug-likeness (QED) is 0.199. The van der Waals surface area contributed by atoms with E-state index in [9.17, 15) is 37.1 Å². The molecule has 4 N–H and O–H groups in total. The van der Waals surface area contributed by atoms with Gasteiger partial charge in [-0.15, -0.1) is 0 Å².